The van der Waals surface area contributed by atoms with E-state index in [1.807, 2.05) is 0 Å². The van der Waals surface area contributed by atoms with Crippen LogP contribution in [-0.4, -0.2) is 40.6 Å². The summed E-state index contributed by atoms with van der Waals surface area (Å²) in [5.74, 6) is 0. The minimum atomic E-state index is 0.641. The number of ether oxygens (including phenoxy) is 2. The maximum atomic E-state index is 5.11. The van der Waals surface area contributed by atoms with E-state index in [-0.39, 0.29) is 0 Å². The van der Waals surface area contributed by atoms with Crippen molar-refractivity contribution >= 4 is 0 Å². The molecule has 0 bridgehead atoms. The van der Waals surface area contributed by atoms with Crippen LogP contribution in [0, 0.1) is 0 Å². The van der Waals surface area contributed by atoms with Gasteiger partial charge in [0.15, 0.2) is 0 Å². The third-order valence-electron chi connectivity index (χ3n) is 0.925. The van der Waals surface area contributed by atoms with Crippen molar-refractivity contribution in [3.8, 4) is 0 Å². The number of hydrogen-bond donors (Lipinski definition) is 1. The van der Waals surface area contributed by atoms with Crippen LogP contribution in [0.2, 0.25) is 0 Å². The van der Waals surface area contributed by atoms with Crippen molar-refractivity contribution in [1.29, 1.82) is 0 Å². The van der Waals surface area contributed by atoms with Gasteiger partial charge in [0.05, 0.1) is 26.9 Å². The van der Waals surface area contributed by atoms with Crippen molar-refractivity contribution in [2.45, 2.75) is 0 Å². The molecule has 0 aliphatic heterocycles. The molecule has 4 nitrogen and oxygen atoms in total. The molecule has 0 atom stereocenters. The maximum Gasteiger partial charge on any atom is 0.0700 e. The highest BCUT2D eigenvalue weighted by Crippen LogP contribution is 1.73. The topological polar surface area (TPSA) is 39.7 Å². The van der Waals surface area contributed by atoms with E-state index in [9.17, 15) is 0 Å². The monoisotopic (exact) mass is 149 g/mol. The molecule has 10 heavy (non-hydrogen) atoms. The lowest BCUT2D eigenvalue weighted by atomic mass is 10.7. The molecule has 0 aromatic carbocycles. The molecule has 0 radical (unpaired) electrons. The SMILES string of the molecule is COCCOCCNOC. The first-order valence-electron chi connectivity index (χ1n) is 3.24. The standard InChI is InChI=1S/C6H15NO3/c1-8-5-6-10-4-3-7-9-2/h7H,3-6H2,1-2H3. The molecule has 0 fully saturated rings. The molecule has 0 saturated carbocycles. The minimum Gasteiger partial charge on any atom is -0.382 e. The summed E-state index contributed by atoms with van der Waals surface area (Å²) < 4.78 is 9.88. The van der Waals surface area contributed by atoms with Crippen molar-refractivity contribution in [3.05, 3.63) is 0 Å². The number of hydroxylamine groups is 1. The average molecular weight is 149 g/mol. The second-order valence-electron chi connectivity index (χ2n) is 1.70. The van der Waals surface area contributed by atoms with E-state index in [0.717, 1.165) is 0 Å². The molecule has 0 rings (SSSR count). The first-order chi connectivity index (χ1) is 4.91. The van der Waals surface area contributed by atoms with E-state index in [0.29, 0.717) is 26.4 Å². The highest BCUT2D eigenvalue weighted by molar-refractivity contribution is 4.32. The maximum absolute atomic E-state index is 5.11. The van der Waals surface area contributed by atoms with E-state index in [2.05, 4.69) is 10.3 Å². The van der Waals surface area contributed by atoms with Gasteiger partial charge in [0.2, 0.25) is 0 Å². The smallest absolute Gasteiger partial charge is 0.0700 e. The van der Waals surface area contributed by atoms with Gasteiger partial charge in [-0.05, 0) is 0 Å². The lowest BCUT2D eigenvalue weighted by Gasteiger charge is -2.02. The van der Waals surface area contributed by atoms with E-state index >= 15 is 0 Å². The van der Waals surface area contributed by atoms with E-state index < -0.39 is 0 Å². The third-order valence-corrected chi connectivity index (χ3v) is 0.925. The van der Waals surface area contributed by atoms with Crippen LogP contribution < -0.4 is 5.48 Å². The third kappa shape index (κ3) is 7.84. The Bertz CT molecular complexity index is 53.0. The van der Waals surface area contributed by atoms with Crippen molar-refractivity contribution in [2.75, 3.05) is 40.6 Å². The van der Waals surface area contributed by atoms with Crippen molar-refractivity contribution < 1.29 is 14.3 Å². The lowest BCUT2D eigenvalue weighted by molar-refractivity contribution is 0.0367. The zero-order chi connectivity index (χ0) is 7.66. The lowest BCUT2D eigenvalue weighted by Crippen LogP contribution is -2.19. The Hall–Kier alpha value is -0.160. The van der Waals surface area contributed by atoms with E-state index in [4.69, 9.17) is 9.47 Å². The Morgan fingerprint density at radius 2 is 1.90 bits per heavy atom. The summed E-state index contributed by atoms with van der Waals surface area (Å²) in [5, 5.41) is 0. The summed E-state index contributed by atoms with van der Waals surface area (Å²) in [5.41, 5.74) is 2.66. The Morgan fingerprint density at radius 1 is 1.10 bits per heavy atom. The summed E-state index contributed by atoms with van der Waals surface area (Å²) in [6.45, 7) is 2.65. The molecule has 4 heteroatoms. The van der Waals surface area contributed by atoms with Crippen molar-refractivity contribution in [2.24, 2.45) is 0 Å². The average Bonchev–Trinajstić information content (AvgIpc) is 1.97. The predicted molar refractivity (Wildman–Crippen MR) is 37.7 cm³/mol. The van der Waals surface area contributed by atoms with Gasteiger partial charge in [-0.25, -0.2) is 5.48 Å². The van der Waals surface area contributed by atoms with Gasteiger partial charge >= 0.3 is 0 Å². The van der Waals surface area contributed by atoms with E-state index in [1.165, 1.54) is 0 Å². The number of nitrogens with one attached hydrogen (secondary N) is 1. The van der Waals surface area contributed by atoms with Gasteiger partial charge in [-0.1, -0.05) is 0 Å². The van der Waals surface area contributed by atoms with Crippen LogP contribution in [0.4, 0.5) is 0 Å². The molecule has 0 spiro atoms. The zero-order valence-electron chi connectivity index (χ0n) is 6.55. The second kappa shape index (κ2) is 8.84. The fourth-order valence-corrected chi connectivity index (χ4v) is 0.460. The van der Waals surface area contributed by atoms with Gasteiger partial charge in [0.1, 0.15) is 0 Å². The molecule has 0 aliphatic rings. The molecule has 0 aliphatic carbocycles. The number of rotatable bonds is 7. The van der Waals surface area contributed by atoms with Gasteiger partial charge in [0, 0.05) is 13.7 Å². The Labute approximate surface area is 61.4 Å². The molecule has 0 amide bonds. The molecule has 1 N–H and O–H groups in total. The Morgan fingerprint density at radius 3 is 2.50 bits per heavy atom. The molecule has 0 heterocycles. The van der Waals surface area contributed by atoms with Gasteiger partial charge in [0.25, 0.3) is 0 Å². The molecule has 62 valence electrons. The normalized spacial score (nSPS) is 10.2. The second-order valence-corrected chi connectivity index (χ2v) is 1.70. The fraction of sp³-hybridized carbons (Fsp3) is 1.00. The predicted octanol–water partition coefficient (Wildman–Crippen LogP) is -0.200. The fourth-order valence-electron chi connectivity index (χ4n) is 0.460. The van der Waals surface area contributed by atoms with Gasteiger partial charge in [-0.3, -0.25) is 0 Å². The quantitative estimate of drug-likeness (QED) is 0.402. The van der Waals surface area contributed by atoms with Crippen LogP contribution in [-0.2, 0) is 14.3 Å². The molecular weight excluding hydrogens is 134 g/mol. The highest BCUT2D eigenvalue weighted by atomic mass is 16.6. The Kier molecular flexibility index (Phi) is 8.70. The molecule has 0 unspecified atom stereocenters. The Balaban J connectivity index is 2.65. The summed E-state index contributed by atoms with van der Waals surface area (Å²) in [7, 11) is 3.23. The largest absolute Gasteiger partial charge is 0.382 e. The molecule has 0 aromatic rings. The van der Waals surface area contributed by atoms with E-state index in [1.54, 1.807) is 14.2 Å². The zero-order valence-corrected chi connectivity index (χ0v) is 6.55. The van der Waals surface area contributed by atoms with Crippen LogP contribution >= 0.6 is 0 Å². The van der Waals surface area contributed by atoms with Crippen LogP contribution in [0.15, 0.2) is 0 Å². The molecule has 0 saturated heterocycles. The van der Waals surface area contributed by atoms with Crippen molar-refractivity contribution in [1.82, 2.24) is 5.48 Å². The summed E-state index contributed by atoms with van der Waals surface area (Å²) in [4.78, 5) is 4.59. The summed E-state index contributed by atoms with van der Waals surface area (Å²) in [6.07, 6.45) is 0. The molecular formula is C6H15NO3. The number of methoxy groups -OCH3 is 1. The number of hydrogen-bond acceptors (Lipinski definition) is 4. The van der Waals surface area contributed by atoms with Crippen LogP contribution in [0.3, 0.4) is 0 Å². The minimum absolute atomic E-state index is 0.641. The van der Waals surface area contributed by atoms with Crippen LogP contribution in [0.25, 0.3) is 0 Å². The molecule has 0 aromatic heterocycles. The first-order valence-corrected chi connectivity index (χ1v) is 3.24. The van der Waals surface area contributed by atoms with Gasteiger partial charge in [-0.15, -0.1) is 0 Å². The first kappa shape index (κ1) is 9.84. The van der Waals surface area contributed by atoms with Gasteiger partial charge < -0.3 is 14.3 Å². The van der Waals surface area contributed by atoms with Gasteiger partial charge in [-0.2, -0.15) is 0 Å². The summed E-state index contributed by atoms with van der Waals surface area (Å²) >= 11 is 0. The van der Waals surface area contributed by atoms with Crippen molar-refractivity contribution in [3.63, 3.8) is 0 Å². The summed E-state index contributed by atoms with van der Waals surface area (Å²) in [6, 6.07) is 0. The van der Waals surface area contributed by atoms with Crippen LogP contribution in [0.1, 0.15) is 0 Å². The van der Waals surface area contributed by atoms with Crippen LogP contribution in [0.5, 0.6) is 0 Å². The highest BCUT2D eigenvalue weighted by Gasteiger charge is 1.85.